The topological polar surface area (TPSA) is 69.9 Å². The zero-order valence-corrected chi connectivity index (χ0v) is 11.5. The van der Waals surface area contributed by atoms with E-state index in [1.54, 1.807) is 4.90 Å². The quantitative estimate of drug-likeness (QED) is 0.853. The monoisotopic (exact) mass is 286 g/mol. The Morgan fingerprint density at radius 2 is 2.17 bits per heavy atom. The van der Waals surface area contributed by atoms with E-state index in [0.29, 0.717) is 6.54 Å². The first-order valence-electron chi connectivity index (χ1n) is 5.34. The number of rotatable bonds is 4. The smallest absolute Gasteiger partial charge is 0.257 e. The van der Waals surface area contributed by atoms with E-state index >= 15 is 0 Å². The summed E-state index contributed by atoms with van der Waals surface area (Å²) in [5.41, 5.74) is 0.198. The molecule has 0 aliphatic rings. The van der Waals surface area contributed by atoms with Gasteiger partial charge in [0.2, 0.25) is 0 Å². The SMILES string of the molecule is CC(C)N(CCC#N)C(=O)c1cc(Cl)nnc1Cl. The van der Waals surface area contributed by atoms with Gasteiger partial charge in [-0.05, 0) is 19.9 Å². The van der Waals surface area contributed by atoms with Crippen LogP contribution in [0.1, 0.15) is 30.6 Å². The van der Waals surface area contributed by atoms with Gasteiger partial charge < -0.3 is 4.90 Å². The van der Waals surface area contributed by atoms with E-state index in [9.17, 15) is 4.79 Å². The first-order chi connectivity index (χ1) is 8.47. The second-order valence-corrected chi connectivity index (χ2v) is 4.62. The summed E-state index contributed by atoms with van der Waals surface area (Å²) in [6.45, 7) is 4.06. The molecule has 1 aromatic heterocycles. The molecule has 0 spiro atoms. The molecular formula is C11H12Cl2N4O. The second-order valence-electron chi connectivity index (χ2n) is 3.87. The van der Waals surface area contributed by atoms with Crippen LogP contribution < -0.4 is 0 Å². The highest BCUT2D eigenvalue weighted by Gasteiger charge is 2.22. The fourth-order valence-corrected chi connectivity index (χ4v) is 1.74. The third-order valence-electron chi connectivity index (χ3n) is 2.30. The lowest BCUT2D eigenvalue weighted by atomic mass is 10.2. The average molecular weight is 287 g/mol. The van der Waals surface area contributed by atoms with Gasteiger partial charge in [-0.25, -0.2) is 0 Å². The van der Waals surface area contributed by atoms with Crippen LogP contribution in [0, 0.1) is 11.3 Å². The lowest BCUT2D eigenvalue weighted by molar-refractivity contribution is 0.0710. The zero-order chi connectivity index (χ0) is 13.7. The first-order valence-corrected chi connectivity index (χ1v) is 6.09. The van der Waals surface area contributed by atoms with Gasteiger partial charge in [0.15, 0.2) is 10.3 Å². The van der Waals surface area contributed by atoms with Crippen LogP contribution in [0.15, 0.2) is 6.07 Å². The molecule has 5 nitrogen and oxygen atoms in total. The lowest BCUT2D eigenvalue weighted by Crippen LogP contribution is -2.37. The van der Waals surface area contributed by atoms with Crippen molar-refractivity contribution in [1.82, 2.24) is 15.1 Å². The van der Waals surface area contributed by atoms with Gasteiger partial charge in [-0.3, -0.25) is 4.79 Å². The number of hydrogen-bond acceptors (Lipinski definition) is 4. The van der Waals surface area contributed by atoms with Gasteiger partial charge in [-0.15, -0.1) is 10.2 Å². The van der Waals surface area contributed by atoms with E-state index in [-0.39, 0.29) is 34.2 Å². The van der Waals surface area contributed by atoms with Crippen molar-refractivity contribution in [3.63, 3.8) is 0 Å². The molecule has 0 aliphatic carbocycles. The van der Waals surface area contributed by atoms with Gasteiger partial charge in [0, 0.05) is 12.6 Å². The summed E-state index contributed by atoms with van der Waals surface area (Å²) >= 11 is 11.5. The van der Waals surface area contributed by atoms with Crippen LogP contribution >= 0.6 is 23.2 Å². The summed E-state index contributed by atoms with van der Waals surface area (Å²) in [4.78, 5) is 13.8. The normalized spacial score (nSPS) is 10.2. The van der Waals surface area contributed by atoms with Gasteiger partial charge in [0.25, 0.3) is 5.91 Å². The van der Waals surface area contributed by atoms with Crippen LogP contribution in [0.4, 0.5) is 0 Å². The predicted molar refractivity (Wildman–Crippen MR) is 68.5 cm³/mol. The molecule has 0 radical (unpaired) electrons. The second kappa shape index (κ2) is 6.53. The summed E-state index contributed by atoms with van der Waals surface area (Å²) < 4.78 is 0. The van der Waals surface area contributed by atoms with E-state index in [4.69, 9.17) is 28.5 Å². The summed E-state index contributed by atoms with van der Waals surface area (Å²) in [6.07, 6.45) is 0.258. The number of carbonyl (C=O) groups is 1. The van der Waals surface area contributed by atoms with Gasteiger partial charge in [-0.1, -0.05) is 23.2 Å². The molecule has 1 aromatic rings. The molecule has 1 amide bonds. The van der Waals surface area contributed by atoms with E-state index in [1.165, 1.54) is 6.07 Å². The molecule has 96 valence electrons. The number of carbonyl (C=O) groups excluding carboxylic acids is 1. The molecule has 0 unspecified atom stereocenters. The zero-order valence-electron chi connectivity index (χ0n) is 10.0. The molecule has 0 aliphatic heterocycles. The molecule has 0 fully saturated rings. The highest BCUT2D eigenvalue weighted by molar-refractivity contribution is 6.34. The standard InChI is InChI=1S/C11H12Cl2N4O/c1-7(2)17(5-3-4-14)11(18)8-6-9(12)15-16-10(8)13/h6-7H,3,5H2,1-2H3. The van der Waals surface area contributed by atoms with Crippen molar-refractivity contribution >= 4 is 29.1 Å². The number of nitrogens with zero attached hydrogens (tertiary/aromatic N) is 4. The Balaban J connectivity index is 3.02. The molecule has 0 saturated heterocycles. The highest BCUT2D eigenvalue weighted by Crippen LogP contribution is 2.18. The van der Waals surface area contributed by atoms with Crippen molar-refractivity contribution in [2.45, 2.75) is 26.3 Å². The Morgan fingerprint density at radius 3 is 2.72 bits per heavy atom. The van der Waals surface area contributed by atoms with Gasteiger partial charge in [0.05, 0.1) is 18.1 Å². The third kappa shape index (κ3) is 3.56. The number of nitriles is 1. The predicted octanol–water partition coefficient (Wildman–Crippen LogP) is 2.55. The van der Waals surface area contributed by atoms with Gasteiger partial charge >= 0.3 is 0 Å². The van der Waals surface area contributed by atoms with Crippen LogP contribution in [-0.2, 0) is 0 Å². The van der Waals surface area contributed by atoms with Crippen LogP contribution in [0.5, 0.6) is 0 Å². The lowest BCUT2D eigenvalue weighted by Gasteiger charge is -2.26. The largest absolute Gasteiger partial charge is 0.335 e. The molecular weight excluding hydrogens is 275 g/mol. The minimum Gasteiger partial charge on any atom is -0.335 e. The van der Waals surface area contributed by atoms with Crippen molar-refractivity contribution < 1.29 is 4.79 Å². The number of aromatic nitrogens is 2. The van der Waals surface area contributed by atoms with Crippen LogP contribution in [0.2, 0.25) is 10.3 Å². The van der Waals surface area contributed by atoms with Crippen LogP contribution in [-0.4, -0.2) is 33.6 Å². The van der Waals surface area contributed by atoms with Crippen LogP contribution in [0.25, 0.3) is 0 Å². The number of hydrogen-bond donors (Lipinski definition) is 0. The molecule has 0 N–H and O–H groups in total. The Bertz CT molecular complexity index is 484. The van der Waals surface area contributed by atoms with E-state index < -0.39 is 0 Å². The first kappa shape index (κ1) is 14.7. The molecule has 1 heterocycles. The van der Waals surface area contributed by atoms with Crippen LogP contribution in [0.3, 0.4) is 0 Å². The molecule has 7 heteroatoms. The van der Waals surface area contributed by atoms with E-state index in [0.717, 1.165) is 0 Å². The number of halogens is 2. The Hall–Kier alpha value is -1.38. The number of amides is 1. The highest BCUT2D eigenvalue weighted by atomic mass is 35.5. The minimum atomic E-state index is -0.304. The molecule has 18 heavy (non-hydrogen) atoms. The summed E-state index contributed by atoms with van der Waals surface area (Å²) in [7, 11) is 0. The summed E-state index contributed by atoms with van der Waals surface area (Å²) in [5.74, 6) is -0.304. The fraction of sp³-hybridized carbons (Fsp3) is 0.455. The van der Waals surface area contributed by atoms with Crippen molar-refractivity contribution in [3.05, 3.63) is 21.9 Å². The Labute approximate surface area is 115 Å². The maximum Gasteiger partial charge on any atom is 0.257 e. The van der Waals surface area contributed by atoms with Crippen molar-refractivity contribution in [1.29, 1.82) is 5.26 Å². The molecule has 0 saturated carbocycles. The summed E-state index contributed by atoms with van der Waals surface area (Å²) in [5, 5.41) is 15.8. The molecule has 0 aromatic carbocycles. The van der Waals surface area contributed by atoms with Crippen molar-refractivity contribution in [3.8, 4) is 6.07 Å². The molecule has 1 rings (SSSR count). The van der Waals surface area contributed by atoms with E-state index in [2.05, 4.69) is 10.2 Å². The van der Waals surface area contributed by atoms with E-state index in [1.807, 2.05) is 19.9 Å². The fourth-order valence-electron chi connectivity index (χ4n) is 1.42. The summed E-state index contributed by atoms with van der Waals surface area (Å²) in [6, 6.07) is 3.33. The van der Waals surface area contributed by atoms with Gasteiger partial charge in [-0.2, -0.15) is 5.26 Å². The van der Waals surface area contributed by atoms with Crippen molar-refractivity contribution in [2.75, 3.05) is 6.54 Å². The Morgan fingerprint density at radius 1 is 1.50 bits per heavy atom. The maximum atomic E-state index is 12.3. The Kier molecular flexibility index (Phi) is 5.32. The molecule has 0 bridgehead atoms. The van der Waals surface area contributed by atoms with Gasteiger partial charge in [0.1, 0.15) is 0 Å². The van der Waals surface area contributed by atoms with Crippen molar-refractivity contribution in [2.24, 2.45) is 0 Å². The average Bonchev–Trinajstić information content (AvgIpc) is 2.32. The maximum absolute atomic E-state index is 12.3. The minimum absolute atomic E-state index is 0.00649. The molecule has 0 atom stereocenters. The third-order valence-corrected chi connectivity index (χ3v) is 2.76.